The van der Waals surface area contributed by atoms with Crippen molar-refractivity contribution in [1.29, 1.82) is 0 Å². The first-order valence-electron chi connectivity index (χ1n) is 2.72. The fraction of sp³-hybridized carbons (Fsp3) is 0. The summed E-state index contributed by atoms with van der Waals surface area (Å²) in [7, 11) is 0. The molecule has 0 unspecified atom stereocenters. The van der Waals surface area contributed by atoms with E-state index in [1.165, 1.54) is 16.9 Å². The van der Waals surface area contributed by atoms with Crippen LogP contribution in [0.3, 0.4) is 0 Å². The van der Waals surface area contributed by atoms with Gasteiger partial charge in [-0.25, -0.2) is 9.50 Å². The Kier molecular flexibility index (Phi) is 0.858. The minimum atomic E-state index is -0.0486. The SMILES string of the molecule is Oc1nccn2nncc12. The van der Waals surface area contributed by atoms with Gasteiger partial charge in [0.25, 0.3) is 0 Å². The highest BCUT2D eigenvalue weighted by atomic mass is 16.3. The number of nitrogens with zero attached hydrogens (tertiary/aromatic N) is 4. The molecule has 0 aromatic carbocycles. The Labute approximate surface area is 55.9 Å². The van der Waals surface area contributed by atoms with Crippen LogP contribution < -0.4 is 0 Å². The van der Waals surface area contributed by atoms with Gasteiger partial charge in [0.05, 0.1) is 6.20 Å². The Hall–Kier alpha value is -1.65. The Morgan fingerprint density at radius 2 is 2.40 bits per heavy atom. The molecule has 2 heterocycles. The number of aromatic hydroxyl groups is 1. The van der Waals surface area contributed by atoms with Gasteiger partial charge in [-0.15, -0.1) is 5.10 Å². The summed E-state index contributed by atoms with van der Waals surface area (Å²) in [5.41, 5.74) is 0.516. The molecule has 0 saturated carbocycles. The molecule has 2 rings (SSSR count). The minimum absolute atomic E-state index is 0.0486. The van der Waals surface area contributed by atoms with E-state index >= 15 is 0 Å². The fourth-order valence-corrected chi connectivity index (χ4v) is 0.747. The van der Waals surface area contributed by atoms with Crippen LogP contribution in [0.1, 0.15) is 0 Å². The van der Waals surface area contributed by atoms with Gasteiger partial charge in [0.1, 0.15) is 5.52 Å². The summed E-state index contributed by atoms with van der Waals surface area (Å²) >= 11 is 0. The topological polar surface area (TPSA) is 63.3 Å². The standard InChI is InChI=1S/C5H4N4O/c10-5-4-3-7-8-9(4)2-1-6-5/h1-3H,(H,6,10). The zero-order valence-electron chi connectivity index (χ0n) is 4.97. The van der Waals surface area contributed by atoms with Crippen molar-refractivity contribution in [3.8, 4) is 5.88 Å². The third kappa shape index (κ3) is 0.540. The van der Waals surface area contributed by atoms with Crippen molar-refractivity contribution in [2.24, 2.45) is 0 Å². The van der Waals surface area contributed by atoms with E-state index in [-0.39, 0.29) is 5.88 Å². The van der Waals surface area contributed by atoms with Crippen molar-refractivity contribution in [1.82, 2.24) is 19.8 Å². The molecule has 5 nitrogen and oxygen atoms in total. The summed E-state index contributed by atoms with van der Waals surface area (Å²) < 4.78 is 1.45. The maximum atomic E-state index is 9.05. The van der Waals surface area contributed by atoms with Gasteiger partial charge in [-0.1, -0.05) is 5.21 Å². The van der Waals surface area contributed by atoms with Crippen LogP contribution in [0.2, 0.25) is 0 Å². The number of hydrogen-bond acceptors (Lipinski definition) is 4. The lowest BCUT2D eigenvalue weighted by atomic mass is 10.5. The van der Waals surface area contributed by atoms with Gasteiger partial charge in [-0.2, -0.15) is 0 Å². The van der Waals surface area contributed by atoms with E-state index in [2.05, 4.69) is 15.3 Å². The fourth-order valence-electron chi connectivity index (χ4n) is 0.747. The summed E-state index contributed by atoms with van der Waals surface area (Å²) in [6, 6.07) is 0. The smallest absolute Gasteiger partial charge is 0.239 e. The predicted molar refractivity (Wildman–Crippen MR) is 32.4 cm³/mol. The van der Waals surface area contributed by atoms with Crippen LogP contribution in [-0.2, 0) is 0 Å². The van der Waals surface area contributed by atoms with Gasteiger partial charge in [-0.3, -0.25) is 0 Å². The Balaban J connectivity index is 2.95. The van der Waals surface area contributed by atoms with Crippen LogP contribution in [0, 0.1) is 0 Å². The quantitative estimate of drug-likeness (QED) is 0.546. The maximum Gasteiger partial charge on any atom is 0.239 e. The molecule has 2 aromatic rings. The lowest BCUT2D eigenvalue weighted by Crippen LogP contribution is -1.87. The van der Waals surface area contributed by atoms with E-state index in [9.17, 15) is 0 Å². The van der Waals surface area contributed by atoms with Crippen molar-refractivity contribution in [2.45, 2.75) is 0 Å². The molecule has 0 bridgehead atoms. The zero-order valence-corrected chi connectivity index (χ0v) is 4.97. The molecule has 0 spiro atoms. The van der Waals surface area contributed by atoms with Crippen molar-refractivity contribution >= 4 is 5.52 Å². The number of hydrogen-bond donors (Lipinski definition) is 1. The molecule has 1 N–H and O–H groups in total. The van der Waals surface area contributed by atoms with Crippen molar-refractivity contribution < 1.29 is 5.11 Å². The van der Waals surface area contributed by atoms with Crippen LogP contribution in [0.25, 0.3) is 5.52 Å². The van der Waals surface area contributed by atoms with Gasteiger partial charge < -0.3 is 5.11 Å². The third-order valence-electron chi connectivity index (χ3n) is 1.21. The molecule has 2 aromatic heterocycles. The van der Waals surface area contributed by atoms with Crippen LogP contribution in [0.4, 0.5) is 0 Å². The number of aromatic nitrogens is 4. The summed E-state index contributed by atoms with van der Waals surface area (Å²) in [5.74, 6) is -0.0486. The van der Waals surface area contributed by atoms with Crippen molar-refractivity contribution in [3.05, 3.63) is 18.6 Å². The molecule has 5 heteroatoms. The zero-order chi connectivity index (χ0) is 6.97. The van der Waals surface area contributed by atoms with Gasteiger partial charge in [-0.05, 0) is 0 Å². The summed E-state index contributed by atoms with van der Waals surface area (Å²) in [4.78, 5) is 3.63. The Morgan fingerprint density at radius 3 is 3.20 bits per heavy atom. The van der Waals surface area contributed by atoms with E-state index in [1.54, 1.807) is 6.20 Å². The molecular weight excluding hydrogens is 132 g/mol. The largest absolute Gasteiger partial charge is 0.492 e. The molecule has 50 valence electrons. The monoisotopic (exact) mass is 136 g/mol. The van der Waals surface area contributed by atoms with Crippen LogP contribution in [-0.4, -0.2) is 24.9 Å². The minimum Gasteiger partial charge on any atom is -0.492 e. The molecule has 0 atom stereocenters. The second kappa shape index (κ2) is 1.66. The predicted octanol–water partition coefficient (Wildman–Crippen LogP) is -0.170. The van der Waals surface area contributed by atoms with E-state index in [4.69, 9.17) is 5.11 Å². The highest BCUT2D eigenvalue weighted by Gasteiger charge is 1.98. The molecule has 0 radical (unpaired) electrons. The second-order valence-corrected chi connectivity index (χ2v) is 1.81. The van der Waals surface area contributed by atoms with Gasteiger partial charge in [0.2, 0.25) is 5.88 Å². The second-order valence-electron chi connectivity index (χ2n) is 1.81. The lowest BCUT2D eigenvalue weighted by Gasteiger charge is -1.90. The van der Waals surface area contributed by atoms with Crippen molar-refractivity contribution in [2.75, 3.05) is 0 Å². The molecule has 0 amide bonds. The lowest BCUT2D eigenvalue weighted by molar-refractivity contribution is 0.456. The van der Waals surface area contributed by atoms with Gasteiger partial charge in [0, 0.05) is 12.4 Å². The number of fused-ring (bicyclic) bond motifs is 1. The first kappa shape index (κ1) is 5.16. The summed E-state index contributed by atoms with van der Waals surface area (Å²) in [6.45, 7) is 0. The van der Waals surface area contributed by atoms with Gasteiger partial charge >= 0.3 is 0 Å². The first-order valence-corrected chi connectivity index (χ1v) is 2.72. The highest BCUT2D eigenvalue weighted by molar-refractivity contribution is 5.51. The highest BCUT2D eigenvalue weighted by Crippen LogP contribution is 2.09. The van der Waals surface area contributed by atoms with Crippen LogP contribution >= 0.6 is 0 Å². The number of rotatable bonds is 0. The molecular formula is C5H4N4O. The van der Waals surface area contributed by atoms with Crippen LogP contribution in [0.15, 0.2) is 18.6 Å². The molecule has 0 aliphatic carbocycles. The maximum absolute atomic E-state index is 9.05. The van der Waals surface area contributed by atoms with E-state index in [1.807, 2.05) is 0 Å². The average molecular weight is 136 g/mol. The summed E-state index contributed by atoms with van der Waals surface area (Å²) in [5, 5.41) is 16.3. The summed E-state index contributed by atoms with van der Waals surface area (Å²) in [6.07, 6.45) is 4.52. The third-order valence-corrected chi connectivity index (χ3v) is 1.21. The molecule has 0 fully saturated rings. The van der Waals surface area contributed by atoms with Crippen LogP contribution in [0.5, 0.6) is 5.88 Å². The molecule has 0 aliphatic heterocycles. The van der Waals surface area contributed by atoms with E-state index < -0.39 is 0 Å². The normalized spacial score (nSPS) is 10.4. The molecule has 0 aliphatic rings. The molecule has 0 saturated heterocycles. The Bertz CT molecular complexity index is 355. The Morgan fingerprint density at radius 1 is 1.50 bits per heavy atom. The van der Waals surface area contributed by atoms with E-state index in [0.717, 1.165) is 0 Å². The van der Waals surface area contributed by atoms with E-state index in [0.29, 0.717) is 5.52 Å². The molecule has 10 heavy (non-hydrogen) atoms. The first-order chi connectivity index (χ1) is 4.88. The average Bonchev–Trinajstić information content (AvgIpc) is 2.36. The van der Waals surface area contributed by atoms with Crippen molar-refractivity contribution in [3.63, 3.8) is 0 Å². The van der Waals surface area contributed by atoms with Gasteiger partial charge in [0.15, 0.2) is 0 Å².